The number of rotatable bonds is 8. The normalized spacial score (nSPS) is 10.9. The van der Waals surface area contributed by atoms with Crippen LogP contribution in [-0.2, 0) is 13.1 Å². The lowest BCUT2D eigenvalue weighted by molar-refractivity contribution is 0.297. The molecular formula is C15H22N4O. The number of hydrogen-bond donors (Lipinski definition) is 1. The number of aryl methyl sites for hydroxylation is 1. The highest BCUT2D eigenvalue weighted by Gasteiger charge is 2.04. The predicted molar refractivity (Wildman–Crippen MR) is 78.6 cm³/mol. The second-order valence-electron chi connectivity index (χ2n) is 4.95. The van der Waals surface area contributed by atoms with E-state index in [9.17, 15) is 0 Å². The summed E-state index contributed by atoms with van der Waals surface area (Å²) in [6.45, 7) is 6.49. The molecule has 0 bridgehead atoms. The second-order valence-corrected chi connectivity index (χ2v) is 4.95. The Morgan fingerprint density at radius 3 is 2.80 bits per heavy atom. The number of ether oxygens (including phenoxy) is 1. The van der Waals surface area contributed by atoms with E-state index in [0.29, 0.717) is 12.6 Å². The molecule has 0 aliphatic rings. The molecule has 1 heterocycles. The molecule has 5 heteroatoms. The molecule has 0 amide bonds. The number of para-hydroxylation sites is 1. The van der Waals surface area contributed by atoms with Gasteiger partial charge in [-0.15, -0.1) is 0 Å². The number of aromatic nitrogens is 3. The maximum atomic E-state index is 5.67. The molecule has 0 atom stereocenters. The third-order valence-electron chi connectivity index (χ3n) is 2.89. The fraction of sp³-hybridized carbons (Fsp3) is 0.467. The fourth-order valence-corrected chi connectivity index (χ4v) is 1.83. The van der Waals surface area contributed by atoms with E-state index in [-0.39, 0.29) is 0 Å². The van der Waals surface area contributed by atoms with Crippen LogP contribution in [-0.4, -0.2) is 27.4 Å². The molecule has 1 N–H and O–H groups in total. The Kier molecular flexibility index (Phi) is 5.55. The Morgan fingerprint density at radius 1 is 1.25 bits per heavy atom. The van der Waals surface area contributed by atoms with Gasteiger partial charge in [-0.2, -0.15) is 5.10 Å². The highest BCUT2D eigenvalue weighted by molar-refractivity contribution is 5.20. The van der Waals surface area contributed by atoms with Crippen LogP contribution in [0.4, 0.5) is 0 Å². The largest absolute Gasteiger partial charge is 0.494 e. The first-order valence-electron chi connectivity index (χ1n) is 7.03. The highest BCUT2D eigenvalue weighted by Crippen LogP contribution is 2.08. The zero-order chi connectivity index (χ0) is 14.2. The van der Waals surface area contributed by atoms with Gasteiger partial charge in [-0.3, -0.25) is 0 Å². The maximum Gasteiger partial charge on any atom is 0.140 e. The van der Waals surface area contributed by atoms with Crippen LogP contribution in [0.25, 0.3) is 0 Å². The van der Waals surface area contributed by atoms with Crippen LogP contribution < -0.4 is 10.1 Å². The van der Waals surface area contributed by atoms with E-state index in [4.69, 9.17) is 4.74 Å². The van der Waals surface area contributed by atoms with Crippen molar-refractivity contribution in [2.75, 3.05) is 6.61 Å². The van der Waals surface area contributed by atoms with Crippen LogP contribution in [0.1, 0.15) is 26.1 Å². The zero-order valence-electron chi connectivity index (χ0n) is 12.1. The molecule has 0 radical (unpaired) electrons. The Labute approximate surface area is 120 Å². The van der Waals surface area contributed by atoms with Gasteiger partial charge in [0, 0.05) is 19.0 Å². The number of nitrogens with one attached hydrogen (secondary N) is 1. The molecule has 1 aromatic carbocycles. The van der Waals surface area contributed by atoms with E-state index in [0.717, 1.165) is 31.1 Å². The molecule has 1 aromatic heterocycles. The Hall–Kier alpha value is -1.88. The van der Waals surface area contributed by atoms with Crippen molar-refractivity contribution in [2.45, 2.75) is 39.4 Å². The van der Waals surface area contributed by atoms with Gasteiger partial charge >= 0.3 is 0 Å². The van der Waals surface area contributed by atoms with Crippen molar-refractivity contribution >= 4 is 0 Å². The molecule has 5 nitrogen and oxygen atoms in total. The summed E-state index contributed by atoms with van der Waals surface area (Å²) >= 11 is 0. The van der Waals surface area contributed by atoms with Crippen LogP contribution in [0.2, 0.25) is 0 Å². The smallest absolute Gasteiger partial charge is 0.140 e. The van der Waals surface area contributed by atoms with Gasteiger partial charge in [0.25, 0.3) is 0 Å². The minimum absolute atomic E-state index is 0.446. The van der Waals surface area contributed by atoms with E-state index in [2.05, 4.69) is 29.2 Å². The van der Waals surface area contributed by atoms with Crippen LogP contribution in [0.15, 0.2) is 36.7 Å². The lowest BCUT2D eigenvalue weighted by Crippen LogP contribution is -2.24. The minimum atomic E-state index is 0.446. The SMILES string of the molecule is CC(C)NCc1ncnn1CCCOc1ccccc1. The summed E-state index contributed by atoms with van der Waals surface area (Å²) in [5.74, 6) is 1.88. The van der Waals surface area contributed by atoms with Crippen molar-refractivity contribution in [3.8, 4) is 5.75 Å². The zero-order valence-corrected chi connectivity index (χ0v) is 12.1. The lowest BCUT2D eigenvalue weighted by atomic mass is 10.3. The topological polar surface area (TPSA) is 52.0 Å². The summed E-state index contributed by atoms with van der Waals surface area (Å²) in [4.78, 5) is 4.27. The lowest BCUT2D eigenvalue weighted by Gasteiger charge is -2.10. The van der Waals surface area contributed by atoms with Gasteiger partial charge < -0.3 is 10.1 Å². The van der Waals surface area contributed by atoms with Gasteiger partial charge in [-0.25, -0.2) is 9.67 Å². The maximum absolute atomic E-state index is 5.67. The van der Waals surface area contributed by atoms with Crippen molar-refractivity contribution in [3.63, 3.8) is 0 Å². The van der Waals surface area contributed by atoms with Crippen LogP contribution in [0.3, 0.4) is 0 Å². The molecular weight excluding hydrogens is 252 g/mol. The van der Waals surface area contributed by atoms with E-state index in [1.165, 1.54) is 0 Å². The molecule has 20 heavy (non-hydrogen) atoms. The number of hydrogen-bond acceptors (Lipinski definition) is 4. The molecule has 0 saturated carbocycles. The summed E-state index contributed by atoms with van der Waals surface area (Å²) in [5.41, 5.74) is 0. The monoisotopic (exact) mass is 274 g/mol. The number of nitrogens with zero attached hydrogens (tertiary/aromatic N) is 3. The summed E-state index contributed by atoms with van der Waals surface area (Å²) in [5, 5.41) is 7.60. The quantitative estimate of drug-likeness (QED) is 0.750. The number of benzene rings is 1. The first-order valence-corrected chi connectivity index (χ1v) is 7.03. The summed E-state index contributed by atoms with van der Waals surface area (Å²) < 4.78 is 7.60. The first-order chi connectivity index (χ1) is 9.75. The van der Waals surface area contributed by atoms with Crippen molar-refractivity contribution in [3.05, 3.63) is 42.5 Å². The van der Waals surface area contributed by atoms with Gasteiger partial charge in [-0.05, 0) is 12.1 Å². The summed E-state index contributed by atoms with van der Waals surface area (Å²) in [6, 6.07) is 10.3. The molecule has 0 spiro atoms. The van der Waals surface area contributed by atoms with Crippen LogP contribution >= 0.6 is 0 Å². The summed E-state index contributed by atoms with van der Waals surface area (Å²) in [6.07, 6.45) is 2.52. The van der Waals surface area contributed by atoms with E-state index < -0.39 is 0 Å². The van der Waals surface area contributed by atoms with Gasteiger partial charge in [0.05, 0.1) is 13.2 Å². The van der Waals surface area contributed by atoms with E-state index in [1.807, 2.05) is 35.0 Å². The first kappa shape index (κ1) is 14.5. The van der Waals surface area contributed by atoms with Crippen LogP contribution in [0, 0.1) is 0 Å². The average molecular weight is 274 g/mol. The van der Waals surface area contributed by atoms with Gasteiger partial charge in [0.2, 0.25) is 0 Å². The highest BCUT2D eigenvalue weighted by atomic mass is 16.5. The minimum Gasteiger partial charge on any atom is -0.494 e. The average Bonchev–Trinajstić information content (AvgIpc) is 2.90. The fourth-order valence-electron chi connectivity index (χ4n) is 1.83. The molecule has 108 valence electrons. The molecule has 0 unspecified atom stereocenters. The molecule has 0 aliphatic carbocycles. The Bertz CT molecular complexity index is 496. The van der Waals surface area contributed by atoms with Crippen molar-refractivity contribution in [1.82, 2.24) is 20.1 Å². The molecule has 0 saturated heterocycles. The molecule has 2 aromatic rings. The molecule has 2 rings (SSSR count). The molecule has 0 aliphatic heterocycles. The van der Waals surface area contributed by atoms with Crippen molar-refractivity contribution < 1.29 is 4.74 Å². The molecule has 0 fully saturated rings. The predicted octanol–water partition coefficient (Wildman–Crippen LogP) is 2.25. The van der Waals surface area contributed by atoms with Crippen LogP contribution in [0.5, 0.6) is 5.75 Å². The van der Waals surface area contributed by atoms with E-state index >= 15 is 0 Å². The summed E-state index contributed by atoms with van der Waals surface area (Å²) in [7, 11) is 0. The van der Waals surface area contributed by atoms with E-state index in [1.54, 1.807) is 6.33 Å². The standard InChI is InChI=1S/C15H22N4O/c1-13(2)16-11-15-17-12-18-19(15)9-6-10-20-14-7-4-3-5-8-14/h3-5,7-8,12-13,16H,6,9-11H2,1-2H3. The second kappa shape index (κ2) is 7.65. The Morgan fingerprint density at radius 2 is 2.05 bits per heavy atom. The third kappa shape index (κ3) is 4.66. The third-order valence-corrected chi connectivity index (χ3v) is 2.89. The van der Waals surface area contributed by atoms with Gasteiger partial charge in [-0.1, -0.05) is 32.0 Å². The van der Waals surface area contributed by atoms with Crippen molar-refractivity contribution in [1.29, 1.82) is 0 Å². The van der Waals surface area contributed by atoms with Crippen molar-refractivity contribution in [2.24, 2.45) is 0 Å². The Balaban J connectivity index is 1.73. The van der Waals surface area contributed by atoms with Gasteiger partial charge in [0.15, 0.2) is 0 Å². The van der Waals surface area contributed by atoms with Gasteiger partial charge in [0.1, 0.15) is 17.9 Å².